The molecule has 0 aromatic heterocycles. The Morgan fingerprint density at radius 2 is 1.15 bits per heavy atom. The molecule has 0 bridgehead atoms. The van der Waals surface area contributed by atoms with E-state index in [9.17, 15) is 0 Å². The first kappa shape index (κ1) is 36.2. The number of hydrogen-bond acceptors (Lipinski definition) is 0. The summed E-state index contributed by atoms with van der Waals surface area (Å²) in [6, 6.07) is 21.9. The largest absolute Gasteiger partial charge is 1.00 e. The van der Waals surface area contributed by atoms with Crippen LogP contribution in [0.15, 0.2) is 88.3 Å². The van der Waals surface area contributed by atoms with E-state index in [2.05, 4.69) is 161 Å². The van der Waals surface area contributed by atoms with Crippen molar-refractivity contribution in [1.29, 1.82) is 0 Å². The molecular weight excluding hydrogens is 691 g/mol. The SMILES string of the molecule is C/[C](c1ccccc1)=[Zr+2](/[C]1=CC=CC1)[CH]1c2cc3c(cc2-c2cc4c(cc21)C(C)(C)C=C4C(C)(C)C)C(C(C)(C)C)=CC3(C)C.[Cl-].[Cl-]. The van der Waals surface area contributed by atoms with Crippen LogP contribution in [0.5, 0.6) is 0 Å². The summed E-state index contributed by atoms with van der Waals surface area (Å²) in [5, 5.41) is 0. The van der Waals surface area contributed by atoms with Crippen LogP contribution in [0.25, 0.3) is 22.3 Å². The van der Waals surface area contributed by atoms with Gasteiger partial charge in [0.1, 0.15) is 0 Å². The van der Waals surface area contributed by atoms with Gasteiger partial charge in [-0.05, 0) is 0 Å². The first-order valence-corrected chi connectivity index (χ1v) is 20.8. The molecule has 0 saturated carbocycles. The Morgan fingerprint density at radius 3 is 1.55 bits per heavy atom. The molecule has 0 radical (unpaired) electrons. The smallest absolute Gasteiger partial charge is 1.00 e. The normalized spacial score (nSPS) is 18.6. The van der Waals surface area contributed by atoms with Crippen molar-refractivity contribution in [2.45, 2.75) is 97.0 Å². The van der Waals surface area contributed by atoms with Crippen LogP contribution in [0, 0.1) is 10.8 Å². The molecule has 0 nitrogen and oxygen atoms in total. The molecule has 4 aliphatic rings. The minimum atomic E-state index is -2.51. The second-order valence-corrected chi connectivity index (χ2v) is 24.1. The van der Waals surface area contributed by atoms with Crippen molar-refractivity contribution in [2.75, 3.05) is 0 Å². The topological polar surface area (TPSA) is 0 Å². The molecule has 0 atom stereocenters. The summed E-state index contributed by atoms with van der Waals surface area (Å²) in [6.07, 6.45) is 13.4. The minimum Gasteiger partial charge on any atom is -1.00 e. The van der Waals surface area contributed by atoms with Crippen LogP contribution in [0.2, 0.25) is 0 Å². The van der Waals surface area contributed by atoms with Gasteiger partial charge in [-0.3, -0.25) is 0 Å². The maximum Gasteiger partial charge on any atom is -1.00 e. The van der Waals surface area contributed by atoms with Crippen molar-refractivity contribution in [1.82, 2.24) is 0 Å². The Balaban J connectivity index is 0.00000217. The molecule has 3 aromatic carbocycles. The first-order valence-electron chi connectivity index (χ1n) is 17.0. The maximum absolute atomic E-state index is 2.68. The third kappa shape index (κ3) is 5.85. The van der Waals surface area contributed by atoms with Crippen LogP contribution < -0.4 is 24.8 Å². The summed E-state index contributed by atoms with van der Waals surface area (Å²) in [6.45, 7) is 26.5. The second-order valence-electron chi connectivity index (χ2n) is 17.2. The molecule has 7 rings (SSSR count). The molecule has 0 saturated heterocycles. The molecule has 3 heteroatoms. The molecule has 0 aliphatic heterocycles. The van der Waals surface area contributed by atoms with Gasteiger partial charge in [-0.15, -0.1) is 0 Å². The zero-order valence-corrected chi connectivity index (χ0v) is 34.1. The number of fused-ring (bicyclic) bond motifs is 5. The van der Waals surface area contributed by atoms with E-state index >= 15 is 0 Å². The molecule has 0 spiro atoms. The fourth-order valence-electron chi connectivity index (χ4n) is 8.57. The minimum absolute atomic E-state index is 0. The quantitative estimate of drug-likeness (QED) is 0.314. The van der Waals surface area contributed by atoms with Crippen molar-refractivity contribution in [3.8, 4) is 11.1 Å². The zero-order valence-electron chi connectivity index (χ0n) is 30.1. The van der Waals surface area contributed by atoms with E-state index in [1.54, 1.807) is 17.6 Å². The van der Waals surface area contributed by atoms with Gasteiger partial charge in [0.25, 0.3) is 0 Å². The zero-order chi connectivity index (χ0) is 32.3. The number of hydrogen-bond donors (Lipinski definition) is 0. The Labute approximate surface area is 304 Å². The fourth-order valence-corrected chi connectivity index (χ4v) is 17.1. The monoisotopic (exact) mass is 738 g/mol. The van der Waals surface area contributed by atoms with Gasteiger partial charge >= 0.3 is 282 Å². The van der Waals surface area contributed by atoms with Gasteiger partial charge in [0.2, 0.25) is 0 Å². The summed E-state index contributed by atoms with van der Waals surface area (Å²) >= 11 is -2.51. The van der Waals surface area contributed by atoms with E-state index in [1.807, 2.05) is 0 Å². The summed E-state index contributed by atoms with van der Waals surface area (Å²) in [7, 11) is 0. The van der Waals surface area contributed by atoms with E-state index in [0.717, 1.165) is 6.42 Å². The molecule has 0 heterocycles. The van der Waals surface area contributed by atoms with Crippen LogP contribution in [0.3, 0.4) is 0 Å². The van der Waals surface area contributed by atoms with Gasteiger partial charge < -0.3 is 24.8 Å². The van der Waals surface area contributed by atoms with Crippen molar-refractivity contribution in [3.05, 3.63) is 127 Å². The van der Waals surface area contributed by atoms with Gasteiger partial charge in [0.05, 0.1) is 0 Å². The van der Waals surface area contributed by atoms with Crippen LogP contribution in [0.4, 0.5) is 0 Å². The summed E-state index contributed by atoms with van der Waals surface area (Å²) in [4.78, 5) is 0. The molecule has 4 aliphatic carbocycles. The Hall–Kier alpha value is -2.05. The van der Waals surface area contributed by atoms with E-state index in [-0.39, 0.29) is 46.5 Å². The first-order chi connectivity index (χ1) is 21.0. The fraction of sp³-hybridized carbons (Fsp3) is 0.386. The van der Waals surface area contributed by atoms with Gasteiger partial charge in [-0.25, -0.2) is 0 Å². The standard InChI is InChI=1S/C31H37.C8H8.C5H5.2ClH.Zr/c1-28(2,3)26-16-30(7,8)24-12-18-11-19-13-25-23(15-21(19)20(18)14-22(24)26)27(29(4,5)6)17-31(25,9)10;1-2-8-6-4-3-5-7-8;1-2-4-5-3-1;;;/h11-17H,1-10H3;3-7H,1H3;1-3H,4H2;2*1H;/q;;;;;+2/p-2. The average Bonchev–Trinajstić information content (AvgIpc) is 3.71. The van der Waals surface area contributed by atoms with Crippen molar-refractivity contribution < 1.29 is 46.1 Å². The maximum atomic E-state index is 2.68. The summed E-state index contributed by atoms with van der Waals surface area (Å²) < 4.78 is 3.85. The van der Waals surface area contributed by atoms with Crippen LogP contribution in [-0.2, 0) is 32.1 Å². The molecule has 47 heavy (non-hydrogen) atoms. The van der Waals surface area contributed by atoms with Gasteiger partial charge in [0, 0.05) is 0 Å². The number of allylic oxidation sites excluding steroid dienone is 8. The van der Waals surface area contributed by atoms with Gasteiger partial charge in [-0.1, -0.05) is 0 Å². The van der Waals surface area contributed by atoms with E-state index in [0.29, 0.717) is 3.63 Å². The Kier molecular flexibility index (Phi) is 9.31. The predicted molar refractivity (Wildman–Crippen MR) is 193 cm³/mol. The Bertz CT molecular complexity index is 1830. The predicted octanol–water partition coefficient (Wildman–Crippen LogP) is 5.91. The van der Waals surface area contributed by atoms with Crippen LogP contribution in [0.1, 0.15) is 125 Å². The third-order valence-electron chi connectivity index (χ3n) is 10.9. The van der Waals surface area contributed by atoms with E-state index in [1.165, 1.54) is 50.1 Å². The molecule has 244 valence electrons. The van der Waals surface area contributed by atoms with Crippen molar-refractivity contribution >= 4 is 14.4 Å². The second kappa shape index (κ2) is 12.1. The molecule has 3 aromatic rings. The molecular formula is C44H50Cl2Zr. The van der Waals surface area contributed by atoms with E-state index < -0.39 is 21.3 Å². The van der Waals surface area contributed by atoms with Crippen molar-refractivity contribution in [3.63, 3.8) is 0 Å². The molecule has 0 amide bonds. The summed E-state index contributed by atoms with van der Waals surface area (Å²) in [5.41, 5.74) is 16.8. The molecule has 0 N–H and O–H groups in total. The number of benzene rings is 3. The summed E-state index contributed by atoms with van der Waals surface area (Å²) in [5.74, 6) is 0. The number of rotatable bonds is 3. The Morgan fingerprint density at radius 1 is 0.681 bits per heavy atom. The van der Waals surface area contributed by atoms with E-state index in [4.69, 9.17) is 0 Å². The van der Waals surface area contributed by atoms with Crippen LogP contribution >= 0.6 is 0 Å². The van der Waals surface area contributed by atoms with Crippen LogP contribution in [-0.4, -0.2) is 3.21 Å². The molecule has 0 fully saturated rings. The number of halogens is 2. The average molecular weight is 741 g/mol. The van der Waals surface area contributed by atoms with Gasteiger partial charge in [-0.2, -0.15) is 0 Å². The molecule has 0 unspecified atom stereocenters. The van der Waals surface area contributed by atoms with Gasteiger partial charge in [0.15, 0.2) is 0 Å². The van der Waals surface area contributed by atoms with Crippen molar-refractivity contribution in [2.24, 2.45) is 10.8 Å². The third-order valence-corrected chi connectivity index (χ3v) is 19.2.